The zero-order chi connectivity index (χ0) is 13.8. The largest absolute Gasteiger partial charge is 0.345 e. The summed E-state index contributed by atoms with van der Waals surface area (Å²) in [5, 5.41) is 3.37. The van der Waals surface area contributed by atoms with Crippen LogP contribution in [0.5, 0.6) is 0 Å². The minimum Gasteiger partial charge on any atom is -0.345 e. The molecule has 19 heavy (non-hydrogen) atoms. The van der Waals surface area contributed by atoms with E-state index in [2.05, 4.69) is 21.2 Å². The number of halogens is 2. The van der Waals surface area contributed by atoms with Gasteiger partial charge in [0.05, 0.1) is 16.6 Å². The zero-order valence-corrected chi connectivity index (χ0v) is 12.7. The van der Waals surface area contributed by atoms with Gasteiger partial charge in [0, 0.05) is 4.47 Å². The lowest BCUT2D eigenvalue weighted by Crippen LogP contribution is -2.26. The summed E-state index contributed by atoms with van der Waals surface area (Å²) in [6.45, 7) is 1.94. The van der Waals surface area contributed by atoms with Gasteiger partial charge >= 0.3 is 0 Å². The summed E-state index contributed by atoms with van der Waals surface area (Å²) in [4.78, 5) is 12.2. The van der Waals surface area contributed by atoms with Crippen LogP contribution in [0.1, 0.15) is 28.9 Å². The first-order chi connectivity index (χ1) is 9.09. The van der Waals surface area contributed by atoms with Crippen molar-refractivity contribution < 1.29 is 4.79 Å². The molecule has 1 amide bonds. The highest BCUT2D eigenvalue weighted by Gasteiger charge is 2.15. The Hall–Kier alpha value is -1.32. The summed E-state index contributed by atoms with van der Waals surface area (Å²) in [5.74, 6) is -0.178. The molecule has 1 atom stereocenters. The fourth-order valence-corrected chi connectivity index (χ4v) is 2.36. The Balaban J connectivity index is 2.16. The minimum absolute atomic E-state index is 0.0660. The fraction of sp³-hybridized carbons (Fsp3) is 0.133. The monoisotopic (exact) mass is 337 g/mol. The van der Waals surface area contributed by atoms with Crippen molar-refractivity contribution in [3.63, 3.8) is 0 Å². The average molecular weight is 339 g/mol. The molecule has 0 aliphatic carbocycles. The Morgan fingerprint density at radius 3 is 2.53 bits per heavy atom. The molecule has 0 unspecified atom stereocenters. The van der Waals surface area contributed by atoms with Crippen molar-refractivity contribution in [1.82, 2.24) is 5.32 Å². The molecule has 2 rings (SSSR count). The Labute approximate surface area is 125 Å². The van der Waals surface area contributed by atoms with Gasteiger partial charge in [-0.25, -0.2) is 0 Å². The zero-order valence-electron chi connectivity index (χ0n) is 10.4. The van der Waals surface area contributed by atoms with Crippen molar-refractivity contribution in [3.8, 4) is 0 Å². The number of nitrogens with one attached hydrogen (secondary N) is 1. The van der Waals surface area contributed by atoms with E-state index in [1.807, 2.05) is 37.3 Å². The number of carbonyl (C=O) groups excluding carboxylic acids is 1. The van der Waals surface area contributed by atoms with Crippen LogP contribution in [-0.2, 0) is 0 Å². The van der Waals surface area contributed by atoms with Gasteiger partial charge in [-0.1, -0.05) is 48.0 Å². The van der Waals surface area contributed by atoms with Crippen LogP contribution in [0.2, 0.25) is 5.02 Å². The van der Waals surface area contributed by atoms with Gasteiger partial charge in [0.25, 0.3) is 5.91 Å². The molecule has 0 saturated heterocycles. The highest BCUT2D eigenvalue weighted by Crippen LogP contribution is 2.26. The normalized spacial score (nSPS) is 11.9. The Morgan fingerprint density at radius 2 is 1.84 bits per heavy atom. The van der Waals surface area contributed by atoms with Gasteiger partial charge in [0.2, 0.25) is 0 Å². The lowest BCUT2D eigenvalue weighted by atomic mass is 10.1. The summed E-state index contributed by atoms with van der Waals surface area (Å²) in [7, 11) is 0. The third-order valence-electron chi connectivity index (χ3n) is 2.84. The smallest absolute Gasteiger partial charge is 0.253 e. The maximum atomic E-state index is 12.2. The Morgan fingerprint density at radius 1 is 1.16 bits per heavy atom. The van der Waals surface area contributed by atoms with E-state index in [4.69, 9.17) is 11.6 Å². The van der Waals surface area contributed by atoms with Gasteiger partial charge in [-0.3, -0.25) is 4.79 Å². The molecule has 0 aliphatic heterocycles. The lowest BCUT2D eigenvalue weighted by molar-refractivity contribution is 0.0940. The Kier molecular flexibility index (Phi) is 4.61. The average Bonchev–Trinajstić information content (AvgIpc) is 2.42. The fourth-order valence-electron chi connectivity index (χ4n) is 1.78. The maximum Gasteiger partial charge on any atom is 0.253 e. The number of amides is 1. The van der Waals surface area contributed by atoms with Crippen molar-refractivity contribution in [2.24, 2.45) is 0 Å². The molecule has 0 heterocycles. The minimum atomic E-state index is -0.178. The molecular formula is C15H13BrClNO. The van der Waals surface area contributed by atoms with E-state index in [0.29, 0.717) is 15.1 Å². The molecule has 1 N–H and O–H groups in total. The summed E-state index contributed by atoms with van der Waals surface area (Å²) >= 11 is 9.42. The summed E-state index contributed by atoms with van der Waals surface area (Å²) < 4.78 is 0.717. The summed E-state index contributed by atoms with van der Waals surface area (Å²) in [5.41, 5.74) is 1.53. The topological polar surface area (TPSA) is 29.1 Å². The Bertz CT molecular complexity index is 586. The van der Waals surface area contributed by atoms with Crippen molar-refractivity contribution in [2.45, 2.75) is 13.0 Å². The van der Waals surface area contributed by atoms with Crippen molar-refractivity contribution >= 4 is 33.4 Å². The van der Waals surface area contributed by atoms with Crippen LogP contribution in [0.25, 0.3) is 0 Å². The molecule has 0 radical (unpaired) electrons. The molecular weight excluding hydrogens is 326 g/mol. The molecule has 2 aromatic rings. The second-order valence-corrected chi connectivity index (χ2v) is 5.44. The number of hydrogen-bond acceptors (Lipinski definition) is 1. The molecule has 2 aromatic carbocycles. The summed E-state index contributed by atoms with van der Waals surface area (Å²) in [6, 6.07) is 15.0. The first-order valence-electron chi connectivity index (χ1n) is 5.89. The van der Waals surface area contributed by atoms with Crippen LogP contribution in [0, 0.1) is 0 Å². The van der Waals surface area contributed by atoms with E-state index >= 15 is 0 Å². The molecule has 2 nitrogen and oxygen atoms in total. The molecule has 4 heteroatoms. The first kappa shape index (κ1) is 14.1. The second kappa shape index (κ2) is 6.22. The SMILES string of the molecule is C[C@@H](NC(=O)c1cccc(Br)c1Cl)c1ccccc1. The lowest BCUT2D eigenvalue weighted by Gasteiger charge is -2.15. The van der Waals surface area contributed by atoms with E-state index in [1.54, 1.807) is 18.2 Å². The van der Waals surface area contributed by atoms with E-state index in [9.17, 15) is 4.79 Å². The van der Waals surface area contributed by atoms with Gasteiger partial charge in [-0.05, 0) is 40.5 Å². The maximum absolute atomic E-state index is 12.2. The molecule has 0 fully saturated rings. The molecule has 0 aromatic heterocycles. The molecule has 0 saturated carbocycles. The van der Waals surface area contributed by atoms with Crippen molar-refractivity contribution in [1.29, 1.82) is 0 Å². The van der Waals surface area contributed by atoms with Crippen molar-refractivity contribution in [2.75, 3.05) is 0 Å². The highest BCUT2D eigenvalue weighted by molar-refractivity contribution is 9.10. The van der Waals surface area contributed by atoms with Crippen LogP contribution in [0.4, 0.5) is 0 Å². The quantitative estimate of drug-likeness (QED) is 0.871. The predicted octanol–water partition coefficient (Wildman–Crippen LogP) is 4.59. The number of hydrogen-bond donors (Lipinski definition) is 1. The molecule has 0 bridgehead atoms. The van der Waals surface area contributed by atoms with Gasteiger partial charge in [-0.15, -0.1) is 0 Å². The van der Waals surface area contributed by atoms with E-state index in [0.717, 1.165) is 5.56 Å². The second-order valence-electron chi connectivity index (χ2n) is 4.21. The van der Waals surface area contributed by atoms with E-state index in [1.165, 1.54) is 0 Å². The van der Waals surface area contributed by atoms with Crippen LogP contribution in [0.15, 0.2) is 53.0 Å². The highest BCUT2D eigenvalue weighted by atomic mass is 79.9. The van der Waals surface area contributed by atoms with Gasteiger partial charge in [-0.2, -0.15) is 0 Å². The van der Waals surface area contributed by atoms with E-state index < -0.39 is 0 Å². The molecule has 0 spiro atoms. The third kappa shape index (κ3) is 3.37. The predicted molar refractivity (Wildman–Crippen MR) is 81.5 cm³/mol. The van der Waals surface area contributed by atoms with Crippen LogP contribution in [-0.4, -0.2) is 5.91 Å². The van der Waals surface area contributed by atoms with Gasteiger partial charge < -0.3 is 5.32 Å². The first-order valence-corrected chi connectivity index (χ1v) is 7.06. The number of carbonyl (C=O) groups is 1. The summed E-state index contributed by atoms with van der Waals surface area (Å²) in [6.07, 6.45) is 0. The molecule has 0 aliphatic rings. The molecule has 98 valence electrons. The van der Waals surface area contributed by atoms with Gasteiger partial charge in [0.1, 0.15) is 0 Å². The van der Waals surface area contributed by atoms with Crippen LogP contribution in [0.3, 0.4) is 0 Å². The standard InChI is InChI=1S/C15H13BrClNO/c1-10(11-6-3-2-4-7-11)18-15(19)12-8-5-9-13(16)14(12)17/h2-10H,1H3,(H,18,19)/t10-/m1/s1. The van der Waals surface area contributed by atoms with E-state index in [-0.39, 0.29) is 11.9 Å². The van der Waals surface area contributed by atoms with Crippen LogP contribution >= 0.6 is 27.5 Å². The third-order valence-corrected chi connectivity index (χ3v) is 4.14. The van der Waals surface area contributed by atoms with Crippen molar-refractivity contribution in [3.05, 3.63) is 69.2 Å². The van der Waals surface area contributed by atoms with Crippen LogP contribution < -0.4 is 5.32 Å². The number of rotatable bonds is 3. The van der Waals surface area contributed by atoms with Gasteiger partial charge in [0.15, 0.2) is 0 Å². The number of benzene rings is 2.